The fourth-order valence-electron chi connectivity index (χ4n) is 1.80. The molecule has 0 aromatic heterocycles. The predicted octanol–water partition coefficient (Wildman–Crippen LogP) is 3.99. The molecule has 0 saturated carbocycles. The number of hydrogen-bond donors (Lipinski definition) is 2. The van der Waals surface area contributed by atoms with Gasteiger partial charge in [-0.3, -0.25) is 0 Å². The molecule has 2 N–H and O–H groups in total. The Kier molecular flexibility index (Phi) is 5.00. The zero-order chi connectivity index (χ0) is 13.0. The highest BCUT2D eigenvalue weighted by atomic mass is 79.9. The van der Waals surface area contributed by atoms with Crippen LogP contribution in [0.25, 0.3) is 0 Å². The molecule has 94 valence electrons. The largest absolute Gasteiger partial charge is 0.478 e. The van der Waals surface area contributed by atoms with E-state index in [4.69, 9.17) is 0 Å². The maximum atomic E-state index is 11.2. The smallest absolute Gasteiger partial charge is 0.338 e. The van der Waals surface area contributed by atoms with Gasteiger partial charge in [-0.05, 0) is 40.4 Å². The first-order valence-corrected chi connectivity index (χ1v) is 6.55. The molecule has 0 radical (unpaired) electrons. The van der Waals surface area contributed by atoms with Gasteiger partial charge in [0, 0.05) is 10.5 Å². The van der Waals surface area contributed by atoms with Gasteiger partial charge in [-0.25, -0.2) is 4.79 Å². The standard InChI is InChI=1S/C13H18BrNO2/c1-4-10(8(2)3)15-11-7-5-6-9(14)12(11)13(16)17/h5-8,10,15H,4H2,1-3H3,(H,16,17). The minimum Gasteiger partial charge on any atom is -0.478 e. The van der Waals surface area contributed by atoms with Crippen LogP contribution >= 0.6 is 15.9 Å². The van der Waals surface area contributed by atoms with Gasteiger partial charge >= 0.3 is 5.97 Å². The highest BCUT2D eigenvalue weighted by Crippen LogP contribution is 2.26. The third-order valence-corrected chi connectivity index (χ3v) is 3.47. The summed E-state index contributed by atoms with van der Waals surface area (Å²) in [5.74, 6) is -0.459. The van der Waals surface area contributed by atoms with Crippen LogP contribution in [0.5, 0.6) is 0 Å². The summed E-state index contributed by atoms with van der Waals surface area (Å²) in [6.07, 6.45) is 0.962. The summed E-state index contributed by atoms with van der Waals surface area (Å²) < 4.78 is 0.605. The molecule has 0 aliphatic carbocycles. The van der Waals surface area contributed by atoms with Crippen LogP contribution in [0.3, 0.4) is 0 Å². The summed E-state index contributed by atoms with van der Waals surface area (Å²) in [6.45, 7) is 6.34. The fraction of sp³-hybridized carbons (Fsp3) is 0.462. The first-order chi connectivity index (χ1) is 7.97. The molecule has 0 saturated heterocycles. The predicted molar refractivity (Wildman–Crippen MR) is 73.6 cm³/mol. The highest BCUT2D eigenvalue weighted by Gasteiger charge is 2.17. The van der Waals surface area contributed by atoms with Crippen molar-refractivity contribution < 1.29 is 9.90 Å². The number of aromatic carboxylic acids is 1. The van der Waals surface area contributed by atoms with Crippen LogP contribution in [-0.4, -0.2) is 17.1 Å². The molecule has 0 bridgehead atoms. The van der Waals surface area contributed by atoms with Gasteiger partial charge in [0.25, 0.3) is 0 Å². The van der Waals surface area contributed by atoms with Crippen LogP contribution in [-0.2, 0) is 0 Å². The first kappa shape index (κ1) is 14.0. The summed E-state index contributed by atoms with van der Waals surface area (Å²) >= 11 is 3.28. The van der Waals surface area contributed by atoms with Gasteiger partial charge in [-0.15, -0.1) is 0 Å². The average molecular weight is 300 g/mol. The third-order valence-electron chi connectivity index (χ3n) is 2.81. The van der Waals surface area contributed by atoms with E-state index in [1.165, 1.54) is 0 Å². The Morgan fingerprint density at radius 3 is 2.59 bits per heavy atom. The molecule has 0 aliphatic rings. The molecule has 3 nitrogen and oxygen atoms in total. The lowest BCUT2D eigenvalue weighted by Gasteiger charge is -2.23. The Hall–Kier alpha value is -1.03. The minimum atomic E-state index is -0.918. The molecule has 0 amide bonds. The van der Waals surface area contributed by atoms with Crippen LogP contribution in [0, 0.1) is 5.92 Å². The van der Waals surface area contributed by atoms with Crippen molar-refractivity contribution in [3.63, 3.8) is 0 Å². The molecular formula is C13H18BrNO2. The molecule has 1 aromatic rings. The van der Waals surface area contributed by atoms with E-state index in [0.717, 1.165) is 6.42 Å². The van der Waals surface area contributed by atoms with Crippen molar-refractivity contribution in [2.24, 2.45) is 5.92 Å². The van der Waals surface area contributed by atoms with Gasteiger partial charge in [0.1, 0.15) is 0 Å². The lowest BCUT2D eigenvalue weighted by molar-refractivity contribution is 0.0697. The molecule has 1 aromatic carbocycles. The molecule has 1 atom stereocenters. The van der Waals surface area contributed by atoms with E-state index in [2.05, 4.69) is 42.0 Å². The average Bonchev–Trinajstić information content (AvgIpc) is 2.24. The lowest BCUT2D eigenvalue weighted by atomic mass is 10.0. The monoisotopic (exact) mass is 299 g/mol. The van der Waals surface area contributed by atoms with E-state index in [9.17, 15) is 9.90 Å². The summed E-state index contributed by atoms with van der Waals surface area (Å²) in [5.41, 5.74) is 0.971. The van der Waals surface area contributed by atoms with Gasteiger partial charge < -0.3 is 10.4 Å². The van der Waals surface area contributed by atoms with Crippen LogP contribution in [0.15, 0.2) is 22.7 Å². The number of nitrogens with one attached hydrogen (secondary N) is 1. The molecule has 17 heavy (non-hydrogen) atoms. The summed E-state index contributed by atoms with van der Waals surface area (Å²) in [4.78, 5) is 11.2. The van der Waals surface area contributed by atoms with Crippen LogP contribution in [0.4, 0.5) is 5.69 Å². The number of hydrogen-bond acceptors (Lipinski definition) is 2. The van der Waals surface area contributed by atoms with E-state index in [0.29, 0.717) is 21.6 Å². The second-order valence-electron chi connectivity index (χ2n) is 4.37. The van der Waals surface area contributed by atoms with Crippen molar-refractivity contribution in [3.8, 4) is 0 Å². The maximum absolute atomic E-state index is 11.2. The lowest BCUT2D eigenvalue weighted by Crippen LogP contribution is -2.25. The van der Waals surface area contributed by atoms with Gasteiger partial charge in [0.15, 0.2) is 0 Å². The second-order valence-corrected chi connectivity index (χ2v) is 5.22. The minimum absolute atomic E-state index is 0.280. The number of carboxylic acid groups (broad SMARTS) is 1. The first-order valence-electron chi connectivity index (χ1n) is 5.75. The summed E-state index contributed by atoms with van der Waals surface area (Å²) in [5, 5.41) is 12.5. The SMILES string of the molecule is CCC(Nc1cccc(Br)c1C(=O)O)C(C)C. The number of benzene rings is 1. The number of halogens is 1. The molecule has 0 aliphatic heterocycles. The van der Waals surface area contributed by atoms with E-state index in [1.807, 2.05) is 6.07 Å². The Morgan fingerprint density at radius 2 is 2.12 bits per heavy atom. The molecule has 0 fully saturated rings. The van der Waals surface area contributed by atoms with E-state index in [-0.39, 0.29) is 6.04 Å². The quantitative estimate of drug-likeness (QED) is 0.864. The normalized spacial score (nSPS) is 12.5. The molecule has 0 heterocycles. The molecule has 1 unspecified atom stereocenters. The van der Waals surface area contributed by atoms with Gasteiger partial charge in [0.05, 0.1) is 11.3 Å². The van der Waals surface area contributed by atoms with Gasteiger partial charge in [-0.2, -0.15) is 0 Å². The topological polar surface area (TPSA) is 49.3 Å². The number of rotatable bonds is 5. The van der Waals surface area contributed by atoms with E-state index < -0.39 is 5.97 Å². The van der Waals surface area contributed by atoms with Crippen LogP contribution < -0.4 is 5.32 Å². The van der Waals surface area contributed by atoms with Crippen molar-refractivity contribution in [2.45, 2.75) is 33.2 Å². The Balaban J connectivity index is 3.05. The fourth-order valence-corrected chi connectivity index (χ4v) is 2.34. The van der Waals surface area contributed by atoms with Crippen molar-refractivity contribution in [1.29, 1.82) is 0 Å². The number of carboxylic acids is 1. The number of anilines is 1. The van der Waals surface area contributed by atoms with Crippen molar-refractivity contribution >= 4 is 27.6 Å². The van der Waals surface area contributed by atoms with E-state index >= 15 is 0 Å². The van der Waals surface area contributed by atoms with Crippen molar-refractivity contribution in [3.05, 3.63) is 28.2 Å². The second kappa shape index (κ2) is 6.05. The van der Waals surface area contributed by atoms with Gasteiger partial charge in [-0.1, -0.05) is 26.8 Å². The molecule has 0 spiro atoms. The zero-order valence-corrected chi connectivity index (χ0v) is 11.9. The highest BCUT2D eigenvalue weighted by molar-refractivity contribution is 9.10. The van der Waals surface area contributed by atoms with Crippen molar-refractivity contribution in [1.82, 2.24) is 0 Å². The summed E-state index contributed by atoms with van der Waals surface area (Å²) in [6, 6.07) is 5.67. The van der Waals surface area contributed by atoms with Crippen LogP contribution in [0.1, 0.15) is 37.6 Å². The Bertz CT molecular complexity index is 404. The molecular weight excluding hydrogens is 282 g/mol. The number of carbonyl (C=O) groups is 1. The summed E-state index contributed by atoms with van der Waals surface area (Å²) in [7, 11) is 0. The third kappa shape index (κ3) is 3.46. The Labute approximate surface area is 110 Å². The van der Waals surface area contributed by atoms with Crippen LogP contribution in [0.2, 0.25) is 0 Å². The van der Waals surface area contributed by atoms with E-state index in [1.54, 1.807) is 12.1 Å². The molecule has 1 rings (SSSR count). The van der Waals surface area contributed by atoms with Gasteiger partial charge in [0.2, 0.25) is 0 Å². The molecule has 4 heteroatoms. The van der Waals surface area contributed by atoms with Crippen molar-refractivity contribution in [2.75, 3.05) is 5.32 Å². The Morgan fingerprint density at radius 1 is 1.47 bits per heavy atom. The maximum Gasteiger partial charge on any atom is 0.338 e. The zero-order valence-electron chi connectivity index (χ0n) is 10.3.